The number of nitrogens with zero attached hydrogens (tertiary/aromatic N) is 1. The summed E-state index contributed by atoms with van der Waals surface area (Å²) in [6.45, 7) is 5.41. The smallest absolute Gasteiger partial charge is 0.257 e. The molecule has 0 bridgehead atoms. The van der Waals surface area contributed by atoms with Gasteiger partial charge in [-0.2, -0.15) is 0 Å². The number of allylic oxidation sites excluding steroid dienone is 1. The molecule has 1 saturated heterocycles. The zero-order valence-corrected chi connectivity index (χ0v) is 11.9. The Kier molecular flexibility index (Phi) is 4.69. The Morgan fingerprint density at radius 3 is 2.20 bits per heavy atom. The lowest BCUT2D eigenvalue weighted by atomic mass is 9.98. The maximum Gasteiger partial charge on any atom is 0.257 e. The number of Topliss-reactive ketones (excluding diaryl/α,β-unsaturated/α-hetero) is 1. The number of morpholine rings is 1. The predicted octanol–water partition coefficient (Wildman–Crippen LogP) is 1.91. The number of ketones is 1. The van der Waals surface area contributed by atoms with Gasteiger partial charge in [0.05, 0.1) is 18.8 Å². The summed E-state index contributed by atoms with van der Waals surface area (Å²) in [5.74, 6) is -0.384. The standard InChI is InChI=1S/C16H19NO3/c1-12(14-6-4-3-5-7-14)15(13(2)18)16(19)17-8-10-20-11-9-17/h3-7H,8-11H2,1-2H3. The lowest BCUT2D eigenvalue weighted by Gasteiger charge is -2.28. The van der Waals surface area contributed by atoms with Crippen LogP contribution in [0.25, 0.3) is 5.57 Å². The van der Waals surface area contributed by atoms with Gasteiger partial charge in [-0.25, -0.2) is 0 Å². The summed E-state index contributed by atoms with van der Waals surface area (Å²) < 4.78 is 5.24. The van der Waals surface area contributed by atoms with Gasteiger partial charge >= 0.3 is 0 Å². The molecule has 4 nitrogen and oxygen atoms in total. The van der Waals surface area contributed by atoms with Crippen molar-refractivity contribution < 1.29 is 14.3 Å². The Morgan fingerprint density at radius 2 is 1.65 bits per heavy atom. The van der Waals surface area contributed by atoms with Crippen molar-refractivity contribution in [2.24, 2.45) is 0 Å². The van der Waals surface area contributed by atoms with Crippen molar-refractivity contribution in [1.29, 1.82) is 0 Å². The number of amides is 1. The minimum absolute atomic E-state index is 0.192. The molecule has 0 atom stereocenters. The highest BCUT2D eigenvalue weighted by Gasteiger charge is 2.25. The molecule has 1 amide bonds. The highest BCUT2D eigenvalue weighted by molar-refractivity contribution is 6.23. The van der Waals surface area contributed by atoms with E-state index < -0.39 is 0 Å². The molecule has 0 saturated carbocycles. The molecule has 2 rings (SSSR count). The minimum atomic E-state index is -0.192. The van der Waals surface area contributed by atoms with Crippen LogP contribution in [-0.4, -0.2) is 42.9 Å². The van der Waals surface area contributed by atoms with Crippen molar-refractivity contribution in [3.05, 3.63) is 41.5 Å². The number of carbonyl (C=O) groups excluding carboxylic acids is 2. The van der Waals surface area contributed by atoms with Gasteiger partial charge in [-0.15, -0.1) is 0 Å². The zero-order chi connectivity index (χ0) is 14.5. The van der Waals surface area contributed by atoms with Gasteiger partial charge in [0.15, 0.2) is 5.78 Å². The summed E-state index contributed by atoms with van der Waals surface area (Å²) in [6, 6.07) is 9.52. The van der Waals surface area contributed by atoms with E-state index >= 15 is 0 Å². The fourth-order valence-corrected chi connectivity index (χ4v) is 2.33. The van der Waals surface area contributed by atoms with Crippen molar-refractivity contribution in [1.82, 2.24) is 4.90 Å². The fraction of sp³-hybridized carbons (Fsp3) is 0.375. The highest BCUT2D eigenvalue weighted by Crippen LogP contribution is 2.21. The molecule has 1 aromatic rings. The summed E-state index contributed by atoms with van der Waals surface area (Å²) in [5, 5.41) is 0. The van der Waals surface area contributed by atoms with E-state index in [9.17, 15) is 9.59 Å². The summed E-state index contributed by atoms with van der Waals surface area (Å²) in [7, 11) is 0. The molecular weight excluding hydrogens is 254 g/mol. The number of hydrogen-bond donors (Lipinski definition) is 0. The van der Waals surface area contributed by atoms with Crippen LogP contribution < -0.4 is 0 Å². The van der Waals surface area contributed by atoms with E-state index in [-0.39, 0.29) is 17.3 Å². The van der Waals surface area contributed by atoms with Crippen LogP contribution in [0.3, 0.4) is 0 Å². The van der Waals surface area contributed by atoms with Crippen molar-refractivity contribution in [3.8, 4) is 0 Å². The summed E-state index contributed by atoms with van der Waals surface area (Å²) in [4.78, 5) is 26.1. The first-order chi connectivity index (χ1) is 9.61. The lowest BCUT2D eigenvalue weighted by molar-refractivity contribution is -0.132. The van der Waals surface area contributed by atoms with E-state index in [0.717, 1.165) is 11.1 Å². The molecule has 1 fully saturated rings. The van der Waals surface area contributed by atoms with E-state index in [1.165, 1.54) is 6.92 Å². The quantitative estimate of drug-likeness (QED) is 0.480. The van der Waals surface area contributed by atoms with E-state index in [0.29, 0.717) is 26.3 Å². The van der Waals surface area contributed by atoms with Gasteiger partial charge in [-0.3, -0.25) is 9.59 Å². The van der Waals surface area contributed by atoms with Gasteiger partial charge in [0, 0.05) is 13.1 Å². The molecule has 0 N–H and O–H groups in total. The molecule has 1 aliphatic rings. The van der Waals surface area contributed by atoms with E-state index in [2.05, 4.69) is 0 Å². The Labute approximate surface area is 119 Å². The number of ether oxygens (including phenoxy) is 1. The maximum absolute atomic E-state index is 12.5. The second kappa shape index (κ2) is 6.48. The first-order valence-electron chi connectivity index (χ1n) is 6.75. The van der Waals surface area contributed by atoms with Crippen LogP contribution in [0.5, 0.6) is 0 Å². The minimum Gasteiger partial charge on any atom is -0.378 e. The van der Waals surface area contributed by atoms with Crippen LogP contribution in [0.1, 0.15) is 19.4 Å². The number of hydrogen-bond acceptors (Lipinski definition) is 3. The monoisotopic (exact) mass is 273 g/mol. The highest BCUT2D eigenvalue weighted by atomic mass is 16.5. The van der Waals surface area contributed by atoms with Crippen molar-refractivity contribution >= 4 is 17.3 Å². The molecule has 4 heteroatoms. The van der Waals surface area contributed by atoms with Crippen LogP contribution >= 0.6 is 0 Å². The third kappa shape index (κ3) is 3.14. The van der Waals surface area contributed by atoms with Crippen molar-refractivity contribution in [2.75, 3.05) is 26.3 Å². The van der Waals surface area contributed by atoms with Gasteiger partial charge < -0.3 is 9.64 Å². The van der Waals surface area contributed by atoms with E-state index in [1.807, 2.05) is 37.3 Å². The molecule has 1 aliphatic heterocycles. The number of carbonyl (C=O) groups is 2. The molecule has 1 aromatic carbocycles. The van der Waals surface area contributed by atoms with Crippen molar-refractivity contribution in [2.45, 2.75) is 13.8 Å². The molecule has 0 spiro atoms. The first kappa shape index (κ1) is 14.5. The van der Waals surface area contributed by atoms with E-state index in [4.69, 9.17) is 4.74 Å². The molecule has 106 valence electrons. The average molecular weight is 273 g/mol. The maximum atomic E-state index is 12.5. The largest absolute Gasteiger partial charge is 0.378 e. The third-order valence-corrected chi connectivity index (χ3v) is 3.45. The lowest BCUT2D eigenvalue weighted by Crippen LogP contribution is -2.42. The first-order valence-corrected chi connectivity index (χ1v) is 6.75. The van der Waals surface area contributed by atoms with Gasteiger partial charge in [0.1, 0.15) is 0 Å². The van der Waals surface area contributed by atoms with E-state index in [1.54, 1.807) is 4.90 Å². The molecule has 0 aliphatic carbocycles. The molecule has 0 unspecified atom stereocenters. The predicted molar refractivity (Wildman–Crippen MR) is 77.1 cm³/mol. The molecule has 0 aromatic heterocycles. The zero-order valence-electron chi connectivity index (χ0n) is 11.9. The number of benzene rings is 1. The summed E-state index contributed by atoms with van der Waals surface area (Å²) >= 11 is 0. The van der Waals surface area contributed by atoms with Crippen LogP contribution in [0, 0.1) is 0 Å². The SMILES string of the molecule is CC(=O)C(C(=O)N1CCOCC1)=C(C)c1ccccc1. The summed E-state index contributed by atoms with van der Waals surface area (Å²) in [5.41, 5.74) is 1.91. The van der Waals surface area contributed by atoms with Gasteiger partial charge in [-0.05, 0) is 25.0 Å². The third-order valence-electron chi connectivity index (χ3n) is 3.45. The van der Waals surface area contributed by atoms with Crippen LogP contribution in [0.15, 0.2) is 35.9 Å². The molecule has 1 heterocycles. The van der Waals surface area contributed by atoms with Crippen LogP contribution in [-0.2, 0) is 14.3 Å². The van der Waals surface area contributed by atoms with Crippen molar-refractivity contribution in [3.63, 3.8) is 0 Å². The summed E-state index contributed by atoms with van der Waals surface area (Å²) in [6.07, 6.45) is 0. The molecule has 0 radical (unpaired) electrons. The van der Waals surface area contributed by atoms with Gasteiger partial charge in [-0.1, -0.05) is 30.3 Å². The second-order valence-electron chi connectivity index (χ2n) is 4.83. The molecule has 20 heavy (non-hydrogen) atoms. The Balaban J connectivity index is 2.35. The van der Waals surface area contributed by atoms with Gasteiger partial charge in [0.25, 0.3) is 5.91 Å². The van der Waals surface area contributed by atoms with Crippen LogP contribution in [0.2, 0.25) is 0 Å². The Morgan fingerprint density at radius 1 is 1.05 bits per heavy atom. The second-order valence-corrected chi connectivity index (χ2v) is 4.83. The number of rotatable bonds is 3. The fourth-order valence-electron chi connectivity index (χ4n) is 2.33. The normalized spacial score (nSPS) is 16.6. The van der Waals surface area contributed by atoms with Gasteiger partial charge in [0.2, 0.25) is 0 Å². The topological polar surface area (TPSA) is 46.6 Å². The average Bonchev–Trinajstić information content (AvgIpc) is 2.48. The Hall–Kier alpha value is -1.94. The van der Waals surface area contributed by atoms with Crippen LogP contribution in [0.4, 0.5) is 0 Å². The Bertz CT molecular complexity index is 528. The molecular formula is C16H19NO3.